The van der Waals surface area contributed by atoms with E-state index in [2.05, 4.69) is 41.5 Å². The minimum Gasteiger partial charge on any atom is -0.343 e. The van der Waals surface area contributed by atoms with Crippen LogP contribution in [0.25, 0.3) is 0 Å². The first-order valence-electron chi connectivity index (χ1n) is 9.17. The van der Waals surface area contributed by atoms with Crippen LogP contribution in [-0.2, 0) is 13.0 Å². The molecular weight excluding hydrogens is 330 g/mol. The maximum Gasteiger partial charge on any atom is 0.131 e. The van der Waals surface area contributed by atoms with Crippen LogP contribution in [0.5, 0.6) is 0 Å². The van der Waals surface area contributed by atoms with Crippen LogP contribution in [0.3, 0.4) is 0 Å². The molecule has 1 aromatic heterocycles. The number of fused-ring (bicyclic) bond motifs is 1. The van der Waals surface area contributed by atoms with Crippen LogP contribution in [0.15, 0.2) is 41.5 Å². The van der Waals surface area contributed by atoms with Gasteiger partial charge in [0.2, 0.25) is 0 Å². The van der Waals surface area contributed by atoms with Crippen molar-refractivity contribution in [2.45, 2.75) is 52.0 Å². The Morgan fingerprint density at radius 1 is 1.20 bits per heavy atom. The minimum absolute atomic E-state index is 0.143. The Morgan fingerprint density at radius 2 is 2.04 bits per heavy atom. The van der Waals surface area contributed by atoms with E-state index >= 15 is 0 Å². The number of aryl methyl sites for hydroxylation is 1. The van der Waals surface area contributed by atoms with Crippen LogP contribution in [0.1, 0.15) is 48.8 Å². The summed E-state index contributed by atoms with van der Waals surface area (Å²) >= 11 is 6.10. The van der Waals surface area contributed by atoms with E-state index in [4.69, 9.17) is 16.6 Å². The molecule has 1 aromatic carbocycles. The highest BCUT2D eigenvalue weighted by molar-refractivity contribution is 6.29. The first kappa shape index (κ1) is 16.6. The van der Waals surface area contributed by atoms with Gasteiger partial charge in [-0.1, -0.05) is 60.7 Å². The predicted octanol–water partition coefficient (Wildman–Crippen LogP) is 5.56. The van der Waals surface area contributed by atoms with E-state index in [1.165, 1.54) is 48.8 Å². The summed E-state index contributed by atoms with van der Waals surface area (Å²) in [6, 6.07) is 10.5. The van der Waals surface area contributed by atoms with Crippen LogP contribution in [-0.4, -0.2) is 10.8 Å². The largest absolute Gasteiger partial charge is 0.343 e. The standard InChI is InChI=1S/C21H24ClN3/c1-15-6-5-7-16(10-15)13-24-20-21(8-3-2-4-9-21)12-17-14-23-19(22)11-18(17)25-20/h5-7,10-11,14H,2-4,8-9,12-13H2,1H3,(H,24,25). The smallest absolute Gasteiger partial charge is 0.131 e. The van der Waals surface area contributed by atoms with E-state index in [1.54, 1.807) is 0 Å². The minimum atomic E-state index is 0.143. The lowest BCUT2D eigenvalue weighted by atomic mass is 9.68. The summed E-state index contributed by atoms with van der Waals surface area (Å²) < 4.78 is 0. The van der Waals surface area contributed by atoms with E-state index in [0.29, 0.717) is 5.15 Å². The summed E-state index contributed by atoms with van der Waals surface area (Å²) in [5, 5.41) is 4.14. The molecule has 0 unspecified atom stereocenters. The molecule has 1 aliphatic carbocycles. The van der Waals surface area contributed by atoms with Gasteiger partial charge in [-0.3, -0.25) is 4.99 Å². The molecule has 1 saturated carbocycles. The van der Waals surface area contributed by atoms with Crippen LogP contribution in [0, 0.1) is 12.3 Å². The molecule has 1 aliphatic heterocycles. The van der Waals surface area contributed by atoms with Gasteiger partial charge in [-0.25, -0.2) is 4.98 Å². The normalized spacial score (nSPS) is 20.3. The van der Waals surface area contributed by atoms with Crippen molar-refractivity contribution in [1.29, 1.82) is 0 Å². The quantitative estimate of drug-likeness (QED) is 0.717. The van der Waals surface area contributed by atoms with Crippen LogP contribution < -0.4 is 5.32 Å². The molecule has 2 heterocycles. The van der Waals surface area contributed by atoms with Gasteiger partial charge < -0.3 is 5.32 Å². The number of aromatic nitrogens is 1. The van der Waals surface area contributed by atoms with Gasteiger partial charge in [-0.2, -0.15) is 0 Å². The number of rotatable bonds is 2. The Bertz CT molecular complexity index is 807. The number of nitrogens with zero attached hydrogens (tertiary/aromatic N) is 2. The average molecular weight is 354 g/mol. The highest BCUT2D eigenvalue weighted by Crippen LogP contribution is 2.45. The van der Waals surface area contributed by atoms with Gasteiger partial charge in [0, 0.05) is 17.3 Å². The molecule has 4 rings (SSSR count). The van der Waals surface area contributed by atoms with E-state index in [1.807, 2.05) is 12.3 Å². The summed E-state index contributed by atoms with van der Waals surface area (Å²) in [5.41, 5.74) is 5.02. The third-order valence-electron chi connectivity index (χ3n) is 5.55. The van der Waals surface area contributed by atoms with Gasteiger partial charge in [-0.15, -0.1) is 0 Å². The molecule has 3 nitrogen and oxygen atoms in total. The van der Waals surface area contributed by atoms with Crippen molar-refractivity contribution < 1.29 is 0 Å². The van der Waals surface area contributed by atoms with Crippen molar-refractivity contribution in [3.8, 4) is 0 Å². The number of aliphatic imine (C=N–C) groups is 1. The number of amidine groups is 1. The Labute approximate surface area is 154 Å². The molecule has 4 heteroatoms. The summed E-state index contributed by atoms with van der Waals surface area (Å²) in [7, 11) is 0. The van der Waals surface area contributed by atoms with Gasteiger partial charge in [0.1, 0.15) is 11.0 Å². The van der Waals surface area contributed by atoms with Gasteiger partial charge in [-0.05, 0) is 43.4 Å². The van der Waals surface area contributed by atoms with Crippen LogP contribution >= 0.6 is 11.6 Å². The monoisotopic (exact) mass is 353 g/mol. The third kappa shape index (κ3) is 3.43. The average Bonchev–Trinajstić information content (AvgIpc) is 2.61. The summed E-state index contributed by atoms with van der Waals surface area (Å²) in [6.45, 7) is 2.85. The van der Waals surface area contributed by atoms with Crippen molar-refractivity contribution in [1.82, 2.24) is 4.98 Å². The van der Waals surface area contributed by atoms with Gasteiger partial charge in [0.25, 0.3) is 0 Å². The molecule has 0 atom stereocenters. The fraction of sp³-hybridized carbons (Fsp3) is 0.429. The molecule has 1 N–H and O–H groups in total. The number of pyridine rings is 1. The fourth-order valence-electron chi connectivity index (χ4n) is 4.25. The Morgan fingerprint density at radius 3 is 2.84 bits per heavy atom. The second-order valence-electron chi connectivity index (χ2n) is 7.46. The van der Waals surface area contributed by atoms with Crippen LogP contribution in [0.4, 0.5) is 5.69 Å². The molecule has 0 amide bonds. The number of anilines is 1. The molecule has 0 bridgehead atoms. The Balaban J connectivity index is 1.68. The molecule has 1 fully saturated rings. The highest BCUT2D eigenvalue weighted by Gasteiger charge is 2.41. The highest BCUT2D eigenvalue weighted by atomic mass is 35.5. The number of benzene rings is 1. The zero-order chi connectivity index (χ0) is 17.3. The molecule has 2 aliphatic rings. The lowest BCUT2D eigenvalue weighted by molar-refractivity contribution is 0.278. The van der Waals surface area contributed by atoms with Crippen LogP contribution in [0.2, 0.25) is 5.15 Å². The lowest BCUT2D eigenvalue weighted by Crippen LogP contribution is -2.43. The first-order chi connectivity index (χ1) is 12.1. The fourth-order valence-corrected chi connectivity index (χ4v) is 4.41. The number of nitrogens with one attached hydrogen (secondary N) is 1. The molecule has 130 valence electrons. The molecule has 2 aromatic rings. The van der Waals surface area contributed by atoms with Crippen molar-refractivity contribution in [3.05, 3.63) is 58.4 Å². The Hall–Kier alpha value is -1.87. The van der Waals surface area contributed by atoms with Crippen molar-refractivity contribution in [2.24, 2.45) is 10.4 Å². The molecule has 0 saturated heterocycles. The Kier molecular flexibility index (Phi) is 4.51. The summed E-state index contributed by atoms with van der Waals surface area (Å²) in [5.74, 6) is 1.14. The number of hydrogen-bond donors (Lipinski definition) is 1. The maximum absolute atomic E-state index is 6.10. The van der Waals surface area contributed by atoms with Gasteiger partial charge in [0.05, 0.1) is 6.54 Å². The predicted molar refractivity (Wildman–Crippen MR) is 104 cm³/mol. The van der Waals surface area contributed by atoms with Crippen molar-refractivity contribution >= 4 is 23.1 Å². The topological polar surface area (TPSA) is 37.3 Å². The SMILES string of the molecule is Cc1cccc(CN=C2Nc3cc(Cl)ncc3CC23CCCCC3)c1. The van der Waals surface area contributed by atoms with E-state index in [0.717, 1.165) is 24.5 Å². The molecule has 25 heavy (non-hydrogen) atoms. The van der Waals surface area contributed by atoms with E-state index in [9.17, 15) is 0 Å². The second-order valence-corrected chi connectivity index (χ2v) is 7.85. The lowest BCUT2D eigenvalue weighted by Gasteiger charge is -2.42. The number of hydrogen-bond acceptors (Lipinski definition) is 2. The first-order valence-corrected chi connectivity index (χ1v) is 9.54. The third-order valence-corrected chi connectivity index (χ3v) is 5.76. The zero-order valence-corrected chi connectivity index (χ0v) is 15.4. The summed E-state index contributed by atoms with van der Waals surface area (Å²) in [6.07, 6.45) is 9.25. The molecule has 1 spiro atoms. The molecule has 0 radical (unpaired) electrons. The second kappa shape index (κ2) is 6.80. The summed E-state index contributed by atoms with van der Waals surface area (Å²) in [4.78, 5) is 9.33. The zero-order valence-electron chi connectivity index (χ0n) is 14.7. The van der Waals surface area contributed by atoms with E-state index in [-0.39, 0.29) is 5.41 Å². The van der Waals surface area contributed by atoms with E-state index < -0.39 is 0 Å². The molecular formula is C21H24ClN3. The number of halogens is 1. The maximum atomic E-state index is 6.10. The van der Waals surface area contributed by atoms with Gasteiger partial charge >= 0.3 is 0 Å². The van der Waals surface area contributed by atoms with Gasteiger partial charge in [0.15, 0.2) is 0 Å². The van der Waals surface area contributed by atoms with Crippen molar-refractivity contribution in [3.63, 3.8) is 0 Å². The van der Waals surface area contributed by atoms with Crippen molar-refractivity contribution in [2.75, 3.05) is 5.32 Å².